The number of carboxylic acid groups (broad SMARTS) is 1. The van der Waals surface area contributed by atoms with Crippen molar-refractivity contribution in [2.24, 2.45) is 17.8 Å². The van der Waals surface area contributed by atoms with Crippen molar-refractivity contribution in [1.82, 2.24) is 0 Å². The van der Waals surface area contributed by atoms with Gasteiger partial charge in [0.2, 0.25) is 6.54 Å². The van der Waals surface area contributed by atoms with E-state index < -0.39 is 22.7 Å². The van der Waals surface area contributed by atoms with Crippen LogP contribution in [-0.4, -0.2) is 28.3 Å². The monoisotopic (exact) mass is 215 g/mol. The molecule has 1 aliphatic carbocycles. The lowest BCUT2D eigenvalue weighted by Crippen LogP contribution is -2.26. The summed E-state index contributed by atoms with van der Waals surface area (Å²) in [6.45, 7) is 1.44. The molecule has 0 amide bonds. The van der Waals surface area contributed by atoms with Gasteiger partial charge in [0, 0.05) is 23.2 Å². The molecule has 6 heteroatoms. The van der Waals surface area contributed by atoms with Crippen LogP contribution in [0.3, 0.4) is 0 Å². The lowest BCUT2D eigenvalue weighted by molar-refractivity contribution is -0.490. The van der Waals surface area contributed by atoms with E-state index in [1.54, 1.807) is 6.92 Å². The van der Waals surface area contributed by atoms with Gasteiger partial charge in [-0.15, -0.1) is 0 Å². The smallest absolute Gasteiger partial charge is 0.304 e. The van der Waals surface area contributed by atoms with Crippen LogP contribution in [0.4, 0.5) is 0 Å². The molecule has 0 aromatic rings. The Bertz CT molecular complexity index is 301. The Labute approximate surface area is 86.4 Å². The highest BCUT2D eigenvalue weighted by atomic mass is 16.6. The number of carbonyl (C=O) groups excluding carboxylic acids is 1. The van der Waals surface area contributed by atoms with E-state index in [0.717, 1.165) is 0 Å². The van der Waals surface area contributed by atoms with E-state index in [9.17, 15) is 19.7 Å². The van der Waals surface area contributed by atoms with Crippen molar-refractivity contribution in [2.75, 3.05) is 6.54 Å². The predicted molar refractivity (Wildman–Crippen MR) is 49.9 cm³/mol. The molecule has 6 nitrogen and oxygen atoms in total. The molecule has 3 atom stereocenters. The van der Waals surface area contributed by atoms with Crippen LogP contribution in [0.15, 0.2) is 0 Å². The summed E-state index contributed by atoms with van der Waals surface area (Å²) < 4.78 is 0. The van der Waals surface area contributed by atoms with Gasteiger partial charge >= 0.3 is 5.97 Å². The first-order chi connectivity index (χ1) is 6.91. The average molecular weight is 215 g/mol. The van der Waals surface area contributed by atoms with Crippen LogP contribution in [0.25, 0.3) is 0 Å². The number of rotatable bonds is 4. The van der Waals surface area contributed by atoms with Crippen molar-refractivity contribution < 1.29 is 19.6 Å². The first-order valence-electron chi connectivity index (χ1n) is 4.78. The van der Waals surface area contributed by atoms with E-state index in [-0.39, 0.29) is 31.1 Å². The van der Waals surface area contributed by atoms with Gasteiger partial charge in [-0.2, -0.15) is 0 Å². The van der Waals surface area contributed by atoms with Crippen LogP contribution < -0.4 is 0 Å². The Balaban J connectivity index is 2.75. The highest BCUT2D eigenvalue weighted by Gasteiger charge is 2.43. The number of nitrogens with zero attached hydrogens (tertiary/aromatic N) is 1. The Morgan fingerprint density at radius 3 is 2.73 bits per heavy atom. The van der Waals surface area contributed by atoms with Gasteiger partial charge < -0.3 is 5.11 Å². The van der Waals surface area contributed by atoms with Gasteiger partial charge in [0.1, 0.15) is 5.78 Å². The molecule has 0 bridgehead atoms. The maximum absolute atomic E-state index is 11.4. The van der Waals surface area contributed by atoms with Crippen LogP contribution in [0.5, 0.6) is 0 Å². The molecule has 0 aromatic heterocycles. The molecule has 1 aliphatic rings. The number of carboxylic acids is 1. The van der Waals surface area contributed by atoms with Gasteiger partial charge in [-0.3, -0.25) is 19.7 Å². The fourth-order valence-electron chi connectivity index (χ4n) is 2.19. The quantitative estimate of drug-likeness (QED) is 0.546. The van der Waals surface area contributed by atoms with E-state index in [1.807, 2.05) is 0 Å². The minimum atomic E-state index is -1.07. The summed E-state index contributed by atoms with van der Waals surface area (Å²) in [5, 5.41) is 19.0. The van der Waals surface area contributed by atoms with E-state index in [1.165, 1.54) is 0 Å². The Morgan fingerprint density at radius 1 is 1.67 bits per heavy atom. The fourth-order valence-corrected chi connectivity index (χ4v) is 2.19. The largest absolute Gasteiger partial charge is 0.481 e. The molecule has 1 saturated carbocycles. The molecular weight excluding hydrogens is 202 g/mol. The summed E-state index contributed by atoms with van der Waals surface area (Å²) in [4.78, 5) is 31.9. The van der Waals surface area contributed by atoms with Gasteiger partial charge in [0.15, 0.2) is 0 Å². The molecule has 1 N–H and O–H groups in total. The predicted octanol–water partition coefficient (Wildman–Crippen LogP) is 0.579. The lowest BCUT2D eigenvalue weighted by Gasteiger charge is -2.15. The molecule has 15 heavy (non-hydrogen) atoms. The molecule has 84 valence electrons. The van der Waals surface area contributed by atoms with Crippen molar-refractivity contribution in [1.29, 1.82) is 0 Å². The Hall–Kier alpha value is -1.46. The second-order valence-electron chi connectivity index (χ2n) is 4.03. The van der Waals surface area contributed by atoms with Gasteiger partial charge in [0.05, 0.1) is 6.42 Å². The standard InChI is InChI=1S/C9H13NO5/c1-5-2-8(11)6(3-9(12)13)7(5)4-10(14)15/h5-7H,2-4H2,1H3,(H,12,13)/t5-,6-,7-/m0/s1. The lowest BCUT2D eigenvalue weighted by atomic mass is 9.88. The molecule has 1 fully saturated rings. The maximum atomic E-state index is 11.4. The molecular formula is C9H13NO5. The number of carbonyl (C=O) groups is 2. The molecule has 0 saturated heterocycles. The normalized spacial score (nSPS) is 30.5. The first-order valence-corrected chi connectivity index (χ1v) is 4.78. The molecule has 0 unspecified atom stereocenters. The van der Waals surface area contributed by atoms with Gasteiger partial charge in [0.25, 0.3) is 0 Å². The third-order valence-corrected chi connectivity index (χ3v) is 2.94. The zero-order valence-corrected chi connectivity index (χ0v) is 8.38. The van der Waals surface area contributed by atoms with Crippen LogP contribution >= 0.6 is 0 Å². The van der Waals surface area contributed by atoms with Crippen LogP contribution in [0.1, 0.15) is 19.8 Å². The molecule has 0 heterocycles. The molecule has 0 radical (unpaired) electrons. The van der Waals surface area contributed by atoms with Gasteiger partial charge in [-0.25, -0.2) is 0 Å². The average Bonchev–Trinajstić information content (AvgIpc) is 2.30. The SMILES string of the molecule is C[C@H]1CC(=O)[C@@H](CC(=O)O)[C@H]1C[N+](=O)[O-]. The summed E-state index contributed by atoms with van der Waals surface area (Å²) in [5.74, 6) is -2.42. The Kier molecular flexibility index (Phi) is 3.39. The number of nitro groups is 1. The van der Waals surface area contributed by atoms with E-state index in [4.69, 9.17) is 5.11 Å². The first kappa shape index (κ1) is 11.6. The second kappa shape index (κ2) is 4.37. The molecule has 1 rings (SSSR count). The maximum Gasteiger partial charge on any atom is 0.304 e. The van der Waals surface area contributed by atoms with E-state index in [2.05, 4.69) is 0 Å². The summed E-state index contributed by atoms with van der Waals surface area (Å²) in [6.07, 6.45) is -0.0296. The highest BCUT2D eigenvalue weighted by Crippen LogP contribution is 2.36. The van der Waals surface area contributed by atoms with Gasteiger partial charge in [-0.05, 0) is 5.92 Å². The van der Waals surface area contributed by atoms with Crippen molar-refractivity contribution in [3.05, 3.63) is 10.1 Å². The number of hydrogen-bond donors (Lipinski definition) is 1. The highest BCUT2D eigenvalue weighted by molar-refractivity contribution is 5.87. The van der Waals surface area contributed by atoms with Gasteiger partial charge in [-0.1, -0.05) is 6.92 Å². The molecule has 0 aromatic carbocycles. The van der Waals surface area contributed by atoms with Crippen molar-refractivity contribution in [3.63, 3.8) is 0 Å². The fraction of sp³-hybridized carbons (Fsp3) is 0.778. The number of hydrogen-bond acceptors (Lipinski definition) is 4. The van der Waals surface area contributed by atoms with Crippen molar-refractivity contribution >= 4 is 11.8 Å². The van der Waals surface area contributed by atoms with E-state index in [0.29, 0.717) is 0 Å². The third-order valence-electron chi connectivity index (χ3n) is 2.94. The molecule has 0 spiro atoms. The zero-order chi connectivity index (χ0) is 11.6. The Morgan fingerprint density at radius 2 is 2.27 bits per heavy atom. The topological polar surface area (TPSA) is 97.5 Å². The van der Waals surface area contributed by atoms with Crippen LogP contribution in [0.2, 0.25) is 0 Å². The summed E-state index contributed by atoms with van der Waals surface area (Å²) in [6, 6.07) is 0. The summed E-state index contributed by atoms with van der Waals surface area (Å²) >= 11 is 0. The summed E-state index contributed by atoms with van der Waals surface area (Å²) in [7, 11) is 0. The van der Waals surface area contributed by atoms with Crippen molar-refractivity contribution in [2.45, 2.75) is 19.8 Å². The minimum Gasteiger partial charge on any atom is -0.481 e. The number of ketones is 1. The molecule has 0 aliphatic heterocycles. The zero-order valence-electron chi connectivity index (χ0n) is 8.38. The summed E-state index contributed by atoms with van der Waals surface area (Å²) in [5.41, 5.74) is 0. The van der Waals surface area contributed by atoms with Crippen LogP contribution in [-0.2, 0) is 9.59 Å². The minimum absolute atomic E-state index is 0.0905. The van der Waals surface area contributed by atoms with E-state index >= 15 is 0 Å². The number of aliphatic carboxylic acids is 1. The number of Topliss-reactive ketones (excluding diaryl/α,β-unsaturated/α-hetero) is 1. The third kappa shape index (κ3) is 2.74. The van der Waals surface area contributed by atoms with Crippen LogP contribution in [0, 0.1) is 27.9 Å². The van der Waals surface area contributed by atoms with Crippen molar-refractivity contribution in [3.8, 4) is 0 Å². The second-order valence-corrected chi connectivity index (χ2v) is 4.03.